The van der Waals surface area contributed by atoms with Gasteiger partial charge in [-0.1, -0.05) is 37.9 Å². The Morgan fingerprint density at radius 3 is 3.00 bits per heavy atom. The number of urea groups is 1. The number of carbonyl (C=O) groups is 1. The van der Waals surface area contributed by atoms with Gasteiger partial charge in [0.2, 0.25) is 5.58 Å². The zero-order chi connectivity index (χ0) is 14.0. The number of carbonyl (C=O) groups excluding carboxylic acids is 1. The Balaban J connectivity index is 2.24. The Kier molecular flexibility index (Phi) is 3.94. The molecule has 0 spiro atoms. The maximum Gasteiger partial charge on any atom is 0.333 e. The second-order valence-electron chi connectivity index (χ2n) is 4.51. The maximum absolute atomic E-state index is 13.4. The maximum atomic E-state index is 13.4. The van der Waals surface area contributed by atoms with Gasteiger partial charge >= 0.3 is 6.03 Å². The van der Waals surface area contributed by atoms with E-state index < -0.39 is 11.8 Å². The summed E-state index contributed by atoms with van der Waals surface area (Å²) in [6.45, 7) is 4.47. The summed E-state index contributed by atoms with van der Waals surface area (Å²) in [5.74, 6) is -0.0446. The van der Waals surface area contributed by atoms with Gasteiger partial charge in [0.25, 0.3) is 0 Å². The summed E-state index contributed by atoms with van der Waals surface area (Å²) in [4.78, 5) is 11.8. The molecule has 5 nitrogen and oxygen atoms in total. The first kappa shape index (κ1) is 13.7. The van der Waals surface area contributed by atoms with Crippen molar-refractivity contribution >= 4 is 35.6 Å². The van der Waals surface area contributed by atoms with E-state index in [2.05, 4.69) is 23.3 Å². The lowest BCUT2D eigenvalue weighted by atomic mass is 10.2. The van der Waals surface area contributed by atoms with Crippen molar-refractivity contribution in [3.8, 4) is 0 Å². The minimum absolute atomic E-state index is 0.00760. The monoisotopic (exact) mass is 283 g/mol. The molecule has 0 aliphatic rings. The fraction of sp³-hybridized carbons (Fsp3) is 0.333. The van der Waals surface area contributed by atoms with Gasteiger partial charge in [-0.15, -0.1) is 0 Å². The number of benzene rings is 1. The summed E-state index contributed by atoms with van der Waals surface area (Å²) in [5, 5.41) is 6.76. The van der Waals surface area contributed by atoms with Crippen LogP contribution < -0.4 is 9.62 Å². The number of fused-ring (bicyclic) bond motifs is 1. The second-order valence-corrected chi connectivity index (χ2v) is 4.91. The smallest absolute Gasteiger partial charge is 0.333 e. The number of rotatable bonds is 3. The van der Waals surface area contributed by atoms with E-state index in [1.165, 1.54) is 12.1 Å². The second kappa shape index (κ2) is 5.48. The van der Waals surface area contributed by atoms with Crippen LogP contribution in [0.4, 0.5) is 15.0 Å². The Morgan fingerprint density at radius 2 is 2.32 bits per heavy atom. The van der Waals surface area contributed by atoms with Gasteiger partial charge in [0.15, 0.2) is 11.6 Å². The number of halogens is 1. The molecule has 0 saturated carbocycles. The molecule has 0 bridgehead atoms. The van der Waals surface area contributed by atoms with Crippen LogP contribution in [0.3, 0.4) is 0 Å². The zero-order valence-corrected chi connectivity index (χ0v) is 11.4. The number of anilines is 1. The van der Waals surface area contributed by atoms with Crippen molar-refractivity contribution in [2.75, 3.05) is 10.8 Å². The first-order chi connectivity index (χ1) is 9.00. The Bertz CT molecular complexity index is 600. The normalized spacial score (nSPS) is 11.0. The Morgan fingerprint density at radius 1 is 1.58 bits per heavy atom. The minimum Gasteiger partial charge on any atom is -0.351 e. The third-order valence-corrected chi connectivity index (χ3v) is 2.86. The lowest BCUT2D eigenvalue weighted by molar-refractivity contribution is 0.248. The molecule has 0 atom stereocenters. The molecule has 0 radical (unpaired) electrons. The highest BCUT2D eigenvalue weighted by atomic mass is 32.1. The van der Waals surface area contributed by atoms with Crippen molar-refractivity contribution in [1.29, 1.82) is 0 Å². The highest BCUT2D eigenvalue weighted by Gasteiger charge is 2.20. The summed E-state index contributed by atoms with van der Waals surface area (Å²) >= 11 is 4.07. The number of hydrogen-bond acceptors (Lipinski definition) is 4. The van der Waals surface area contributed by atoms with Gasteiger partial charge < -0.3 is 9.84 Å². The number of thiol groups is 1. The fourth-order valence-corrected chi connectivity index (χ4v) is 1.75. The molecule has 19 heavy (non-hydrogen) atoms. The molecule has 1 aromatic heterocycles. The van der Waals surface area contributed by atoms with Crippen LogP contribution in [0.15, 0.2) is 22.7 Å². The lowest BCUT2D eigenvalue weighted by Gasteiger charge is -2.14. The van der Waals surface area contributed by atoms with Crippen LogP contribution in [0.5, 0.6) is 0 Å². The van der Waals surface area contributed by atoms with Crippen LogP contribution >= 0.6 is 12.8 Å². The van der Waals surface area contributed by atoms with E-state index in [1.807, 2.05) is 13.8 Å². The lowest BCUT2D eigenvalue weighted by Crippen LogP contribution is -2.36. The molecule has 1 heterocycles. The third-order valence-electron chi connectivity index (χ3n) is 2.49. The zero-order valence-electron chi connectivity index (χ0n) is 10.6. The quantitative estimate of drug-likeness (QED) is 0.851. The molecule has 0 aliphatic carbocycles. The number of para-hydroxylation sites is 1. The van der Waals surface area contributed by atoms with Crippen LogP contribution in [-0.4, -0.2) is 17.7 Å². The first-order valence-electron chi connectivity index (χ1n) is 5.81. The number of aromatic nitrogens is 1. The van der Waals surface area contributed by atoms with E-state index in [-0.39, 0.29) is 11.4 Å². The van der Waals surface area contributed by atoms with Crippen LogP contribution in [-0.2, 0) is 0 Å². The first-order valence-corrected chi connectivity index (χ1v) is 6.21. The number of nitrogens with one attached hydrogen (secondary N) is 1. The van der Waals surface area contributed by atoms with Crippen molar-refractivity contribution in [3.63, 3.8) is 0 Å². The van der Waals surface area contributed by atoms with Crippen LogP contribution in [0.25, 0.3) is 11.0 Å². The predicted octanol–water partition coefficient (Wildman–Crippen LogP) is 2.98. The number of nitrogens with zero attached hydrogens (tertiary/aromatic N) is 2. The molecule has 7 heteroatoms. The SMILES string of the molecule is CC(C)CNC(=O)N(S)c1noc2c(F)cccc12. The average Bonchev–Trinajstić information content (AvgIpc) is 2.80. The molecule has 2 amide bonds. The third kappa shape index (κ3) is 2.81. The number of amides is 2. The molecule has 1 aromatic carbocycles. The van der Waals surface area contributed by atoms with E-state index in [1.54, 1.807) is 6.07 Å². The standard InChI is InChI=1S/C12H14FN3O2S/c1-7(2)6-14-12(17)16(19)11-8-4-3-5-9(13)10(8)18-15-11/h3-5,7,19H,6H2,1-2H3,(H,14,17). The van der Waals surface area contributed by atoms with Crippen LogP contribution in [0.1, 0.15) is 13.8 Å². The average molecular weight is 283 g/mol. The summed E-state index contributed by atoms with van der Waals surface area (Å²) in [6, 6.07) is 3.96. The van der Waals surface area contributed by atoms with Crippen molar-refractivity contribution < 1.29 is 13.7 Å². The highest BCUT2D eigenvalue weighted by molar-refractivity contribution is 7.82. The molecule has 0 saturated heterocycles. The molecule has 0 fully saturated rings. The molecular formula is C12H14FN3O2S. The van der Waals surface area contributed by atoms with Crippen molar-refractivity contribution in [2.45, 2.75) is 13.8 Å². The van der Waals surface area contributed by atoms with Gasteiger partial charge in [-0.25, -0.2) is 13.5 Å². The van der Waals surface area contributed by atoms with Gasteiger partial charge in [-0.05, 0) is 18.1 Å². The van der Waals surface area contributed by atoms with E-state index >= 15 is 0 Å². The molecule has 0 aliphatic heterocycles. The van der Waals surface area contributed by atoms with E-state index in [9.17, 15) is 9.18 Å². The predicted molar refractivity (Wildman–Crippen MR) is 73.7 cm³/mol. The van der Waals surface area contributed by atoms with E-state index in [0.29, 0.717) is 17.8 Å². The molecule has 102 valence electrons. The summed E-state index contributed by atoms with van der Waals surface area (Å²) < 4.78 is 19.3. The van der Waals surface area contributed by atoms with Gasteiger partial charge in [0.05, 0.1) is 5.39 Å². The number of hydrogen-bond donors (Lipinski definition) is 2. The van der Waals surface area contributed by atoms with Gasteiger partial charge in [-0.2, -0.15) is 0 Å². The molecule has 2 aromatic rings. The van der Waals surface area contributed by atoms with Crippen LogP contribution in [0, 0.1) is 11.7 Å². The largest absolute Gasteiger partial charge is 0.351 e. The summed E-state index contributed by atoms with van der Waals surface area (Å²) in [5.41, 5.74) is 0.00760. The topological polar surface area (TPSA) is 58.4 Å². The minimum atomic E-state index is -0.527. The van der Waals surface area contributed by atoms with Gasteiger partial charge in [0.1, 0.15) is 0 Å². The Hall–Kier alpha value is -1.76. The molecule has 0 unspecified atom stereocenters. The summed E-state index contributed by atoms with van der Waals surface area (Å²) in [7, 11) is 0. The van der Waals surface area contributed by atoms with E-state index in [0.717, 1.165) is 4.31 Å². The van der Waals surface area contributed by atoms with Gasteiger partial charge in [-0.3, -0.25) is 0 Å². The fourth-order valence-electron chi connectivity index (χ4n) is 1.53. The van der Waals surface area contributed by atoms with E-state index in [4.69, 9.17) is 4.52 Å². The molecule has 1 N–H and O–H groups in total. The summed E-state index contributed by atoms with van der Waals surface area (Å²) in [6.07, 6.45) is 0. The molecule has 2 rings (SSSR count). The highest BCUT2D eigenvalue weighted by Crippen LogP contribution is 2.28. The molecular weight excluding hydrogens is 269 g/mol. The van der Waals surface area contributed by atoms with Crippen molar-refractivity contribution in [1.82, 2.24) is 10.5 Å². The van der Waals surface area contributed by atoms with Crippen molar-refractivity contribution in [3.05, 3.63) is 24.0 Å². The van der Waals surface area contributed by atoms with Crippen LogP contribution in [0.2, 0.25) is 0 Å². The van der Waals surface area contributed by atoms with Crippen molar-refractivity contribution in [2.24, 2.45) is 5.92 Å². The Labute approximate surface area is 115 Å². The van der Waals surface area contributed by atoms with Gasteiger partial charge in [0, 0.05) is 6.54 Å².